The van der Waals surface area contributed by atoms with Crippen LogP contribution in [-0.2, 0) is 9.53 Å². The zero-order chi connectivity index (χ0) is 11.6. The number of carbonyl (C=O) groups is 1. The third-order valence-electron chi connectivity index (χ3n) is 1.67. The number of amides is 1. The van der Waals surface area contributed by atoms with Crippen LogP contribution in [0.5, 0.6) is 0 Å². The number of hydrogen-bond acceptors (Lipinski definition) is 2. The Kier molecular flexibility index (Phi) is 11.9. The summed E-state index contributed by atoms with van der Waals surface area (Å²) in [6.07, 6.45) is 0.870. The molecule has 1 atom stereocenters. The van der Waals surface area contributed by atoms with Crippen molar-refractivity contribution in [3.63, 3.8) is 0 Å². The van der Waals surface area contributed by atoms with Crippen LogP contribution in [-0.4, -0.2) is 25.7 Å². The molecule has 0 aromatic rings. The Morgan fingerprint density at radius 2 is 1.79 bits per heavy atom. The van der Waals surface area contributed by atoms with E-state index < -0.39 is 0 Å². The summed E-state index contributed by atoms with van der Waals surface area (Å²) in [6, 6.07) is 0.208. The lowest BCUT2D eigenvalue weighted by Crippen LogP contribution is -2.36. The molecule has 1 unspecified atom stereocenters. The van der Waals surface area contributed by atoms with E-state index in [1.54, 1.807) is 7.11 Å². The van der Waals surface area contributed by atoms with Gasteiger partial charge in [-0.25, -0.2) is 0 Å². The van der Waals surface area contributed by atoms with Gasteiger partial charge in [-0.3, -0.25) is 4.79 Å². The summed E-state index contributed by atoms with van der Waals surface area (Å²) >= 11 is 0. The lowest BCUT2D eigenvalue weighted by atomic mass is 10.2. The summed E-state index contributed by atoms with van der Waals surface area (Å²) in [5.41, 5.74) is 0. The first-order chi connectivity index (χ1) is 6.57. The quantitative estimate of drug-likeness (QED) is 0.744. The molecule has 0 heterocycles. The van der Waals surface area contributed by atoms with E-state index in [2.05, 4.69) is 5.32 Å². The van der Waals surface area contributed by atoms with E-state index in [-0.39, 0.29) is 17.9 Å². The van der Waals surface area contributed by atoms with Gasteiger partial charge in [0.05, 0.1) is 0 Å². The van der Waals surface area contributed by atoms with Gasteiger partial charge in [-0.1, -0.05) is 27.7 Å². The monoisotopic (exact) mass is 203 g/mol. The van der Waals surface area contributed by atoms with E-state index in [0.717, 1.165) is 6.42 Å². The third kappa shape index (κ3) is 9.52. The smallest absolute Gasteiger partial charge is 0.222 e. The number of rotatable bonds is 5. The van der Waals surface area contributed by atoms with Crippen molar-refractivity contribution in [1.29, 1.82) is 0 Å². The molecule has 1 amide bonds. The van der Waals surface area contributed by atoms with Gasteiger partial charge in [-0.15, -0.1) is 0 Å². The predicted molar refractivity (Wildman–Crippen MR) is 60.3 cm³/mol. The van der Waals surface area contributed by atoms with Crippen molar-refractivity contribution in [2.24, 2.45) is 5.92 Å². The number of nitrogens with one attached hydrogen (secondary N) is 1. The summed E-state index contributed by atoms with van der Waals surface area (Å²) in [5, 5.41) is 2.90. The van der Waals surface area contributed by atoms with Crippen LogP contribution in [0.4, 0.5) is 0 Å². The number of methoxy groups -OCH3 is 1. The van der Waals surface area contributed by atoms with E-state index in [9.17, 15) is 4.79 Å². The highest BCUT2D eigenvalue weighted by Crippen LogP contribution is 1.95. The molecule has 0 rings (SSSR count). The molecular formula is C11H25NO2. The van der Waals surface area contributed by atoms with Gasteiger partial charge < -0.3 is 10.1 Å². The molecule has 0 aliphatic carbocycles. The van der Waals surface area contributed by atoms with Crippen molar-refractivity contribution in [2.75, 3.05) is 13.7 Å². The van der Waals surface area contributed by atoms with E-state index in [1.165, 1.54) is 0 Å². The molecule has 3 nitrogen and oxygen atoms in total. The van der Waals surface area contributed by atoms with Gasteiger partial charge >= 0.3 is 0 Å². The molecule has 1 N–H and O–H groups in total. The van der Waals surface area contributed by atoms with Gasteiger partial charge in [0.2, 0.25) is 5.91 Å². The van der Waals surface area contributed by atoms with Crippen LogP contribution in [0.3, 0.4) is 0 Å². The fraction of sp³-hybridized carbons (Fsp3) is 0.909. The van der Waals surface area contributed by atoms with Crippen LogP contribution < -0.4 is 5.32 Å². The minimum Gasteiger partial charge on any atom is -0.385 e. The van der Waals surface area contributed by atoms with Gasteiger partial charge in [-0.05, 0) is 13.3 Å². The SMILES string of the molecule is CC.COCCC(C)NC(=O)C(C)C. The van der Waals surface area contributed by atoms with E-state index >= 15 is 0 Å². The number of ether oxygens (including phenoxy) is 1. The van der Waals surface area contributed by atoms with Gasteiger partial charge in [-0.2, -0.15) is 0 Å². The van der Waals surface area contributed by atoms with Crippen LogP contribution in [0.1, 0.15) is 41.0 Å². The summed E-state index contributed by atoms with van der Waals surface area (Å²) < 4.78 is 4.90. The largest absolute Gasteiger partial charge is 0.385 e. The molecule has 0 fully saturated rings. The van der Waals surface area contributed by atoms with Gasteiger partial charge in [0, 0.05) is 25.7 Å². The molecule has 0 saturated heterocycles. The van der Waals surface area contributed by atoms with Crippen molar-refractivity contribution in [3.8, 4) is 0 Å². The zero-order valence-electron chi connectivity index (χ0n) is 10.4. The van der Waals surface area contributed by atoms with Crippen LogP contribution in [0.2, 0.25) is 0 Å². The summed E-state index contributed by atoms with van der Waals surface area (Å²) in [7, 11) is 1.66. The molecule has 0 bridgehead atoms. The standard InChI is InChI=1S/C9H19NO2.C2H6/c1-7(2)9(11)10-8(3)5-6-12-4;1-2/h7-8H,5-6H2,1-4H3,(H,10,11);1-2H3. The molecule has 0 aliphatic heterocycles. The lowest BCUT2D eigenvalue weighted by molar-refractivity contribution is -0.124. The number of hydrogen-bond donors (Lipinski definition) is 1. The van der Waals surface area contributed by atoms with Crippen LogP contribution in [0, 0.1) is 5.92 Å². The molecule has 0 spiro atoms. The maximum atomic E-state index is 11.2. The van der Waals surface area contributed by atoms with Gasteiger partial charge in [0.15, 0.2) is 0 Å². The second-order valence-corrected chi connectivity index (χ2v) is 3.35. The van der Waals surface area contributed by atoms with E-state index in [0.29, 0.717) is 6.61 Å². The lowest BCUT2D eigenvalue weighted by Gasteiger charge is -2.14. The van der Waals surface area contributed by atoms with E-state index in [1.807, 2.05) is 34.6 Å². The average molecular weight is 203 g/mol. The fourth-order valence-corrected chi connectivity index (χ4v) is 0.776. The Balaban J connectivity index is 0. The Morgan fingerprint density at radius 1 is 1.29 bits per heavy atom. The number of carbonyl (C=O) groups excluding carboxylic acids is 1. The Morgan fingerprint density at radius 3 is 2.14 bits per heavy atom. The Labute approximate surface area is 88.2 Å². The first-order valence-corrected chi connectivity index (χ1v) is 5.37. The summed E-state index contributed by atoms with van der Waals surface area (Å²) in [6.45, 7) is 10.5. The molecule has 0 radical (unpaired) electrons. The summed E-state index contributed by atoms with van der Waals surface area (Å²) in [4.78, 5) is 11.2. The first kappa shape index (κ1) is 15.9. The molecule has 0 aliphatic rings. The predicted octanol–water partition coefficient (Wildman–Crippen LogP) is 2.21. The Hall–Kier alpha value is -0.570. The Bertz CT molecular complexity index is 135. The average Bonchev–Trinajstić information content (AvgIpc) is 2.17. The van der Waals surface area contributed by atoms with Crippen molar-refractivity contribution < 1.29 is 9.53 Å². The van der Waals surface area contributed by atoms with E-state index in [4.69, 9.17) is 4.74 Å². The molecule has 86 valence electrons. The van der Waals surface area contributed by atoms with Gasteiger partial charge in [0.1, 0.15) is 0 Å². The highest BCUT2D eigenvalue weighted by atomic mass is 16.5. The maximum Gasteiger partial charge on any atom is 0.222 e. The minimum atomic E-state index is 0.0648. The van der Waals surface area contributed by atoms with Crippen LogP contribution >= 0.6 is 0 Å². The summed E-state index contributed by atoms with van der Waals surface area (Å²) in [5.74, 6) is 0.175. The molecule has 0 aromatic carbocycles. The van der Waals surface area contributed by atoms with Crippen molar-refractivity contribution in [1.82, 2.24) is 5.32 Å². The molecule has 3 heteroatoms. The van der Waals surface area contributed by atoms with Gasteiger partial charge in [0.25, 0.3) is 0 Å². The minimum absolute atomic E-state index is 0.0648. The maximum absolute atomic E-state index is 11.2. The van der Waals surface area contributed by atoms with Crippen molar-refractivity contribution in [3.05, 3.63) is 0 Å². The van der Waals surface area contributed by atoms with Crippen molar-refractivity contribution in [2.45, 2.75) is 47.1 Å². The topological polar surface area (TPSA) is 38.3 Å². The highest BCUT2D eigenvalue weighted by molar-refractivity contribution is 5.78. The van der Waals surface area contributed by atoms with Crippen molar-refractivity contribution >= 4 is 5.91 Å². The fourth-order valence-electron chi connectivity index (χ4n) is 0.776. The van der Waals surface area contributed by atoms with Crippen LogP contribution in [0.15, 0.2) is 0 Å². The molecular weight excluding hydrogens is 178 g/mol. The zero-order valence-corrected chi connectivity index (χ0v) is 10.4. The third-order valence-corrected chi connectivity index (χ3v) is 1.67. The highest BCUT2D eigenvalue weighted by Gasteiger charge is 2.09. The second kappa shape index (κ2) is 10.5. The van der Waals surface area contributed by atoms with Crippen LogP contribution in [0.25, 0.3) is 0 Å². The normalized spacial score (nSPS) is 11.6. The molecule has 0 aromatic heterocycles. The molecule has 14 heavy (non-hydrogen) atoms. The second-order valence-electron chi connectivity index (χ2n) is 3.35. The first-order valence-electron chi connectivity index (χ1n) is 5.37. The molecule has 0 saturated carbocycles.